The number of ether oxygens (including phenoxy) is 2. The number of hydrogen-bond donors (Lipinski definition) is 2. The average Bonchev–Trinajstić information content (AvgIpc) is 2.91. The van der Waals surface area contributed by atoms with Crippen LogP contribution in [0.4, 0.5) is 24.5 Å². The van der Waals surface area contributed by atoms with Gasteiger partial charge in [0.1, 0.15) is 18.0 Å². The van der Waals surface area contributed by atoms with Crippen molar-refractivity contribution >= 4 is 51.0 Å². The summed E-state index contributed by atoms with van der Waals surface area (Å²) in [7, 11) is -2.60. The van der Waals surface area contributed by atoms with E-state index < -0.39 is 44.9 Å². The van der Waals surface area contributed by atoms with Gasteiger partial charge in [-0.25, -0.2) is 13.8 Å². The van der Waals surface area contributed by atoms with E-state index in [4.69, 9.17) is 21.1 Å². The molecule has 0 aromatic heterocycles. The molecule has 2 amide bonds. The van der Waals surface area contributed by atoms with Crippen molar-refractivity contribution in [3.63, 3.8) is 0 Å². The molecular weight excluding hydrogens is 589 g/mol. The van der Waals surface area contributed by atoms with Gasteiger partial charge in [0.15, 0.2) is 6.61 Å². The number of sulfonamides is 1. The Balaban J connectivity index is 1.54. The van der Waals surface area contributed by atoms with Crippen molar-refractivity contribution in [2.24, 2.45) is 5.10 Å². The largest absolute Gasteiger partial charge is 0.497 e. The van der Waals surface area contributed by atoms with Gasteiger partial charge in [-0.05, 0) is 72.3 Å². The van der Waals surface area contributed by atoms with Crippen LogP contribution in [0.25, 0.3) is 0 Å². The summed E-state index contributed by atoms with van der Waals surface area (Å²) in [6.07, 6.45) is -2.82. The molecular formula is C26H24ClF3N4O6S. The smallest absolute Gasteiger partial charge is 0.417 e. The van der Waals surface area contributed by atoms with Crippen LogP contribution in [0.5, 0.6) is 11.5 Å². The lowest BCUT2D eigenvalue weighted by molar-refractivity contribution is -0.137. The van der Waals surface area contributed by atoms with Crippen LogP contribution in [0, 0.1) is 0 Å². The highest BCUT2D eigenvalue weighted by Crippen LogP contribution is 2.37. The molecule has 10 nitrogen and oxygen atoms in total. The maximum Gasteiger partial charge on any atom is 0.417 e. The van der Waals surface area contributed by atoms with Crippen LogP contribution >= 0.6 is 11.6 Å². The Morgan fingerprint density at radius 1 is 1.00 bits per heavy atom. The molecule has 0 spiro atoms. The molecule has 0 aliphatic carbocycles. The van der Waals surface area contributed by atoms with Crippen LogP contribution in [-0.2, 0) is 25.8 Å². The summed E-state index contributed by atoms with van der Waals surface area (Å²) in [6.45, 7) is -1.08. The zero-order valence-corrected chi connectivity index (χ0v) is 23.2. The summed E-state index contributed by atoms with van der Waals surface area (Å²) < 4.78 is 75.0. The maximum absolute atomic E-state index is 13.2. The first kappa shape index (κ1) is 31.2. The number of amides is 2. The number of rotatable bonds is 11. The number of anilines is 2. The standard InChI is InChI=1S/C26H24ClF3N4O6S/c1-39-20-10-5-18(6-11-20)32-25(36)16-40-21-8-3-17(4-9-21)14-31-33-24(35)15-34(41(2,37)38)19-7-12-23(27)22(13-19)26(28,29)30/h3-14H,15-16H2,1-2H3,(H,32,36)(H,33,35)/b31-14-. The van der Waals surface area contributed by atoms with Gasteiger partial charge in [0.25, 0.3) is 11.8 Å². The second kappa shape index (κ2) is 13.4. The van der Waals surface area contributed by atoms with E-state index in [9.17, 15) is 31.2 Å². The molecule has 0 saturated carbocycles. The monoisotopic (exact) mass is 612 g/mol. The first-order valence-corrected chi connectivity index (χ1v) is 13.8. The maximum atomic E-state index is 13.2. The molecule has 3 rings (SSSR count). The second-order valence-corrected chi connectivity index (χ2v) is 10.7. The first-order valence-electron chi connectivity index (χ1n) is 11.6. The molecule has 0 aliphatic rings. The lowest BCUT2D eigenvalue weighted by atomic mass is 10.2. The van der Waals surface area contributed by atoms with Gasteiger partial charge in [0, 0.05) is 5.69 Å². The van der Waals surface area contributed by atoms with E-state index in [0.717, 1.165) is 18.4 Å². The predicted molar refractivity (Wildman–Crippen MR) is 148 cm³/mol. The summed E-state index contributed by atoms with van der Waals surface area (Å²) in [4.78, 5) is 24.4. The Morgan fingerprint density at radius 3 is 2.22 bits per heavy atom. The molecule has 0 radical (unpaired) electrons. The van der Waals surface area contributed by atoms with Crippen molar-refractivity contribution in [3.8, 4) is 11.5 Å². The number of nitrogens with one attached hydrogen (secondary N) is 2. The Labute approximate surface area is 238 Å². The summed E-state index contributed by atoms with van der Waals surface area (Å²) >= 11 is 5.60. The summed E-state index contributed by atoms with van der Waals surface area (Å²) in [6, 6.07) is 15.6. The molecule has 41 heavy (non-hydrogen) atoms. The highest BCUT2D eigenvalue weighted by Gasteiger charge is 2.34. The first-order chi connectivity index (χ1) is 19.3. The molecule has 0 atom stereocenters. The molecule has 15 heteroatoms. The normalized spacial score (nSPS) is 11.7. The molecule has 2 N–H and O–H groups in total. The minimum Gasteiger partial charge on any atom is -0.497 e. The number of methoxy groups -OCH3 is 1. The Kier molecular flexibility index (Phi) is 10.2. The Hall–Kier alpha value is -4.30. The van der Waals surface area contributed by atoms with Gasteiger partial charge in [-0.3, -0.25) is 13.9 Å². The van der Waals surface area contributed by atoms with Crippen LogP contribution in [0.2, 0.25) is 5.02 Å². The van der Waals surface area contributed by atoms with Gasteiger partial charge in [-0.15, -0.1) is 0 Å². The van der Waals surface area contributed by atoms with Crippen molar-refractivity contribution in [1.82, 2.24) is 5.43 Å². The van der Waals surface area contributed by atoms with Crippen molar-refractivity contribution in [1.29, 1.82) is 0 Å². The van der Waals surface area contributed by atoms with E-state index in [1.807, 2.05) is 0 Å². The highest BCUT2D eigenvalue weighted by molar-refractivity contribution is 7.92. The van der Waals surface area contributed by atoms with Gasteiger partial charge in [0.05, 0.1) is 35.9 Å². The fourth-order valence-corrected chi connectivity index (χ4v) is 4.37. The fourth-order valence-electron chi connectivity index (χ4n) is 3.30. The topological polar surface area (TPSA) is 126 Å². The summed E-state index contributed by atoms with van der Waals surface area (Å²) in [5.41, 5.74) is 1.59. The Bertz CT molecular complexity index is 1520. The molecule has 0 saturated heterocycles. The number of carbonyl (C=O) groups excluding carboxylic acids is 2. The zero-order valence-electron chi connectivity index (χ0n) is 21.6. The molecule has 0 heterocycles. The molecule has 0 fully saturated rings. The van der Waals surface area contributed by atoms with Gasteiger partial charge < -0.3 is 14.8 Å². The van der Waals surface area contributed by atoms with Crippen molar-refractivity contribution in [2.75, 3.05) is 36.1 Å². The number of halogens is 4. The zero-order chi connectivity index (χ0) is 30.2. The predicted octanol–water partition coefficient (Wildman–Crippen LogP) is 4.30. The van der Waals surface area contributed by atoms with Crippen LogP contribution in [0.3, 0.4) is 0 Å². The number of hydrogen-bond acceptors (Lipinski definition) is 7. The lowest BCUT2D eigenvalue weighted by Crippen LogP contribution is -2.39. The van der Waals surface area contributed by atoms with Crippen LogP contribution in [0.1, 0.15) is 11.1 Å². The lowest BCUT2D eigenvalue weighted by Gasteiger charge is -2.22. The van der Waals surface area contributed by atoms with Gasteiger partial charge in [-0.1, -0.05) is 11.6 Å². The molecule has 3 aromatic rings. The summed E-state index contributed by atoms with van der Waals surface area (Å²) in [5.74, 6) is -0.238. The number of benzene rings is 3. The van der Waals surface area contributed by atoms with Gasteiger partial charge in [-0.2, -0.15) is 18.3 Å². The minimum absolute atomic E-state index is 0.246. The number of hydrazone groups is 1. The quantitative estimate of drug-likeness (QED) is 0.246. The highest BCUT2D eigenvalue weighted by atomic mass is 35.5. The SMILES string of the molecule is COc1ccc(NC(=O)COc2ccc(/C=N\NC(=O)CN(c3ccc(Cl)c(C(F)(F)F)c3)S(C)(=O)=O)cc2)cc1. The fraction of sp³-hybridized carbons (Fsp3) is 0.192. The molecule has 218 valence electrons. The van der Waals surface area contributed by atoms with E-state index in [1.165, 1.54) is 13.3 Å². The molecule has 0 aliphatic heterocycles. The number of alkyl halides is 3. The van der Waals surface area contributed by atoms with Crippen LogP contribution in [0.15, 0.2) is 71.8 Å². The molecule has 0 unspecified atom stereocenters. The van der Waals surface area contributed by atoms with Gasteiger partial charge >= 0.3 is 6.18 Å². The van der Waals surface area contributed by atoms with E-state index in [0.29, 0.717) is 33.1 Å². The van der Waals surface area contributed by atoms with Gasteiger partial charge in [0.2, 0.25) is 10.0 Å². The third kappa shape index (κ3) is 9.39. The molecule has 0 bridgehead atoms. The number of carbonyl (C=O) groups is 2. The van der Waals surface area contributed by atoms with E-state index in [1.54, 1.807) is 48.5 Å². The average molecular weight is 613 g/mol. The Morgan fingerprint density at radius 2 is 1.63 bits per heavy atom. The van der Waals surface area contributed by atoms with E-state index in [2.05, 4.69) is 15.8 Å². The van der Waals surface area contributed by atoms with Crippen molar-refractivity contribution < 1.29 is 40.7 Å². The third-order valence-electron chi connectivity index (χ3n) is 5.26. The second-order valence-electron chi connectivity index (χ2n) is 8.36. The van der Waals surface area contributed by atoms with Crippen molar-refractivity contribution in [3.05, 3.63) is 82.9 Å². The van der Waals surface area contributed by atoms with Crippen molar-refractivity contribution in [2.45, 2.75) is 6.18 Å². The summed E-state index contributed by atoms with van der Waals surface area (Å²) in [5, 5.41) is 5.81. The third-order valence-corrected chi connectivity index (χ3v) is 6.73. The van der Waals surface area contributed by atoms with Crippen LogP contribution < -0.4 is 24.5 Å². The minimum atomic E-state index is -4.83. The number of nitrogens with zero attached hydrogens (tertiary/aromatic N) is 2. The van der Waals surface area contributed by atoms with E-state index >= 15 is 0 Å². The molecule has 3 aromatic carbocycles. The van der Waals surface area contributed by atoms with Crippen LogP contribution in [-0.4, -0.2) is 53.0 Å². The van der Waals surface area contributed by atoms with E-state index in [-0.39, 0.29) is 12.5 Å².